The number of hydrogen-bond acceptors (Lipinski definition) is 6. The molecule has 0 unspecified atom stereocenters. The van der Waals surface area contributed by atoms with Crippen LogP contribution in [0.3, 0.4) is 0 Å². The van der Waals surface area contributed by atoms with E-state index in [9.17, 15) is 9.18 Å². The molecule has 212 valence electrons. The van der Waals surface area contributed by atoms with Gasteiger partial charge in [0.2, 0.25) is 5.82 Å². The fourth-order valence-corrected chi connectivity index (χ4v) is 7.28. The number of amides is 1. The minimum Gasteiger partial charge on any atom is -0.474 e. The van der Waals surface area contributed by atoms with E-state index in [0.29, 0.717) is 31.4 Å². The Morgan fingerprint density at radius 1 is 1.15 bits per heavy atom. The second-order valence-electron chi connectivity index (χ2n) is 12.4. The number of halogens is 4. The minimum absolute atomic E-state index is 0.00765. The van der Waals surface area contributed by atoms with E-state index in [1.807, 2.05) is 25.7 Å². The van der Waals surface area contributed by atoms with Crippen LogP contribution in [0.15, 0.2) is 16.6 Å². The maximum Gasteiger partial charge on any atom is 0.410 e. The van der Waals surface area contributed by atoms with E-state index in [1.165, 1.54) is 0 Å². The van der Waals surface area contributed by atoms with Crippen LogP contribution >= 0.6 is 15.9 Å². The second-order valence-corrected chi connectivity index (χ2v) is 13.2. The van der Waals surface area contributed by atoms with Gasteiger partial charge in [-0.3, -0.25) is 9.80 Å². The number of carbonyl (C=O) groups excluding carboxylic acids is 1. The smallest absolute Gasteiger partial charge is 0.410 e. The number of hydrogen-bond donors (Lipinski definition) is 0. The number of rotatable bonds is 4. The lowest BCUT2D eigenvalue weighted by Gasteiger charge is -2.42. The SMILES string of the molecule is CC(C)(C)OC(=O)N1[C@@H]2CC[C@H]1CN(c1c(F)c(OC[C@@]34CCCN3C[C@H](F)C4)nc3c(F)c(Br)ccc13)C2. The van der Waals surface area contributed by atoms with Crippen LogP contribution < -0.4 is 9.64 Å². The topological polar surface area (TPSA) is 58.1 Å². The van der Waals surface area contributed by atoms with Crippen LogP contribution in [0, 0.1) is 11.6 Å². The molecule has 4 saturated heterocycles. The van der Waals surface area contributed by atoms with Gasteiger partial charge in [-0.25, -0.2) is 18.6 Å². The van der Waals surface area contributed by atoms with Crippen molar-refractivity contribution in [3.8, 4) is 5.88 Å². The minimum atomic E-state index is -0.941. The predicted molar refractivity (Wildman–Crippen MR) is 145 cm³/mol. The number of alkyl halides is 1. The first kappa shape index (κ1) is 26.9. The van der Waals surface area contributed by atoms with Crippen molar-refractivity contribution in [3.05, 3.63) is 28.2 Å². The van der Waals surface area contributed by atoms with E-state index in [1.54, 1.807) is 17.0 Å². The van der Waals surface area contributed by atoms with Crippen LogP contribution in [0.2, 0.25) is 0 Å². The molecule has 1 aromatic carbocycles. The van der Waals surface area contributed by atoms with Crippen LogP contribution in [0.1, 0.15) is 52.9 Å². The molecule has 7 nitrogen and oxygen atoms in total. The molecule has 4 fully saturated rings. The first-order valence-electron chi connectivity index (χ1n) is 13.7. The first-order valence-corrected chi connectivity index (χ1v) is 14.5. The number of ether oxygens (including phenoxy) is 2. The van der Waals surface area contributed by atoms with Crippen molar-refractivity contribution in [1.82, 2.24) is 14.8 Å². The monoisotopic (exact) mass is 610 g/mol. The molecule has 0 radical (unpaired) electrons. The molecule has 4 atom stereocenters. The Morgan fingerprint density at radius 2 is 1.87 bits per heavy atom. The Morgan fingerprint density at radius 3 is 2.56 bits per heavy atom. The van der Waals surface area contributed by atoms with Crippen molar-refractivity contribution in [2.24, 2.45) is 0 Å². The van der Waals surface area contributed by atoms with E-state index < -0.39 is 28.9 Å². The quantitative estimate of drug-likeness (QED) is 0.435. The standard InChI is InChI=1S/C28H34BrF3N4O3/c1-27(2,3)39-26(37)36-17-5-6-18(36)14-34(13-17)24-19-7-8-20(29)21(31)23(19)33-25(22(24)32)38-15-28-9-4-10-35(28)12-16(30)11-28/h7-8,16-18H,4-6,9-15H2,1-3H3/t16-,17-,18+,28+/m1/s1. The van der Waals surface area contributed by atoms with Gasteiger partial charge in [0.1, 0.15) is 23.9 Å². The van der Waals surface area contributed by atoms with E-state index in [0.717, 1.165) is 32.2 Å². The normalized spacial score (nSPS) is 28.8. The summed E-state index contributed by atoms with van der Waals surface area (Å²) in [5.41, 5.74) is -0.879. The summed E-state index contributed by atoms with van der Waals surface area (Å²) >= 11 is 3.22. The van der Waals surface area contributed by atoms with Crippen molar-refractivity contribution in [1.29, 1.82) is 0 Å². The number of carbonyl (C=O) groups is 1. The van der Waals surface area contributed by atoms with Gasteiger partial charge in [0.05, 0.1) is 27.8 Å². The van der Waals surface area contributed by atoms with E-state index in [4.69, 9.17) is 9.47 Å². The van der Waals surface area contributed by atoms with Crippen molar-refractivity contribution in [3.63, 3.8) is 0 Å². The fourth-order valence-electron chi connectivity index (χ4n) is 6.96. The molecule has 4 aliphatic heterocycles. The number of fused-ring (bicyclic) bond motifs is 4. The second kappa shape index (κ2) is 9.68. The molecule has 0 N–H and O–H groups in total. The molecule has 1 aromatic heterocycles. The number of benzene rings is 1. The average Bonchev–Trinajstić information content (AvgIpc) is 3.46. The van der Waals surface area contributed by atoms with Gasteiger partial charge < -0.3 is 14.4 Å². The van der Waals surface area contributed by atoms with Crippen LogP contribution in [0.4, 0.5) is 23.7 Å². The van der Waals surface area contributed by atoms with Gasteiger partial charge in [0.15, 0.2) is 5.82 Å². The molecule has 0 saturated carbocycles. The summed E-state index contributed by atoms with van der Waals surface area (Å²) in [4.78, 5) is 23.0. The van der Waals surface area contributed by atoms with Crippen LogP contribution in [0.5, 0.6) is 5.88 Å². The number of nitrogens with zero attached hydrogens (tertiary/aromatic N) is 4. The number of piperazine rings is 1. The molecule has 39 heavy (non-hydrogen) atoms. The summed E-state index contributed by atoms with van der Waals surface area (Å²) in [7, 11) is 0. The van der Waals surface area contributed by atoms with Gasteiger partial charge in [-0.2, -0.15) is 4.39 Å². The zero-order chi connectivity index (χ0) is 27.7. The Bertz CT molecular complexity index is 1290. The Labute approximate surface area is 234 Å². The van der Waals surface area contributed by atoms with Crippen LogP contribution in [-0.4, -0.2) is 83.1 Å². The van der Waals surface area contributed by atoms with Crippen molar-refractivity contribution >= 4 is 38.6 Å². The third-order valence-corrected chi connectivity index (χ3v) is 9.19. The Kier molecular flexibility index (Phi) is 6.68. The molecule has 2 aromatic rings. The highest BCUT2D eigenvalue weighted by molar-refractivity contribution is 9.10. The molecular weight excluding hydrogens is 577 g/mol. The number of anilines is 1. The van der Waals surface area contributed by atoms with E-state index >= 15 is 8.78 Å². The molecular formula is C28H34BrF3N4O3. The van der Waals surface area contributed by atoms with Gasteiger partial charge in [-0.15, -0.1) is 0 Å². The molecule has 0 spiro atoms. The van der Waals surface area contributed by atoms with Gasteiger partial charge in [0, 0.05) is 31.4 Å². The zero-order valence-electron chi connectivity index (χ0n) is 22.5. The molecule has 4 aliphatic rings. The molecule has 6 rings (SSSR count). The van der Waals surface area contributed by atoms with Gasteiger partial charge in [0.25, 0.3) is 5.88 Å². The first-order chi connectivity index (χ1) is 18.5. The highest BCUT2D eigenvalue weighted by Gasteiger charge is 2.50. The molecule has 1 amide bonds. The van der Waals surface area contributed by atoms with Crippen LogP contribution in [-0.2, 0) is 4.74 Å². The zero-order valence-corrected chi connectivity index (χ0v) is 24.1. The number of pyridine rings is 1. The highest BCUT2D eigenvalue weighted by Crippen LogP contribution is 2.43. The summed E-state index contributed by atoms with van der Waals surface area (Å²) in [6, 6.07) is 2.89. The van der Waals surface area contributed by atoms with Gasteiger partial charge >= 0.3 is 6.09 Å². The molecule has 2 bridgehead atoms. The maximum atomic E-state index is 16.3. The predicted octanol–water partition coefficient (Wildman–Crippen LogP) is 5.82. The average molecular weight is 612 g/mol. The number of aromatic nitrogens is 1. The Hall–Kier alpha value is -2.27. The molecule has 0 aliphatic carbocycles. The summed E-state index contributed by atoms with van der Waals surface area (Å²) in [6.07, 6.45) is 2.28. The molecule has 11 heteroatoms. The van der Waals surface area contributed by atoms with Gasteiger partial charge in [-0.05, 0) is 81.1 Å². The lowest BCUT2D eigenvalue weighted by Crippen LogP contribution is -2.57. The van der Waals surface area contributed by atoms with E-state index in [2.05, 4.69) is 25.8 Å². The maximum absolute atomic E-state index is 16.3. The largest absolute Gasteiger partial charge is 0.474 e. The third-order valence-electron chi connectivity index (χ3n) is 8.57. The van der Waals surface area contributed by atoms with Crippen molar-refractivity contribution in [2.45, 2.75) is 82.3 Å². The molecule has 5 heterocycles. The summed E-state index contributed by atoms with van der Waals surface area (Å²) in [5, 5.41) is 0.344. The summed E-state index contributed by atoms with van der Waals surface area (Å²) in [6.45, 7) is 7.49. The fraction of sp³-hybridized carbons (Fsp3) is 0.643. The lowest BCUT2D eigenvalue weighted by atomic mass is 9.95. The lowest BCUT2D eigenvalue weighted by molar-refractivity contribution is 0.0123. The summed E-state index contributed by atoms with van der Waals surface area (Å²) in [5.74, 6) is -1.54. The highest BCUT2D eigenvalue weighted by atomic mass is 79.9. The van der Waals surface area contributed by atoms with E-state index in [-0.39, 0.29) is 46.3 Å². The van der Waals surface area contributed by atoms with Gasteiger partial charge in [-0.1, -0.05) is 0 Å². The summed E-state index contributed by atoms with van der Waals surface area (Å²) < 4.78 is 57.8. The Balaban J connectivity index is 1.33. The third kappa shape index (κ3) is 4.73. The van der Waals surface area contributed by atoms with Crippen LogP contribution in [0.25, 0.3) is 10.9 Å². The van der Waals surface area contributed by atoms with Crippen molar-refractivity contribution < 1.29 is 27.4 Å². The van der Waals surface area contributed by atoms with Crippen molar-refractivity contribution in [2.75, 3.05) is 37.7 Å².